The standard InChI is InChI=1S/C18H26N2O2/c21-10-9-18(22)19-17-13-20(11-14-5-4-6-14)12-16(17)15-7-2-1-3-8-15/h1-3,7-8,14,16-17,21H,4-6,9-13H2,(H,19,22)/t16-,17+/m0/s1. The zero-order chi connectivity index (χ0) is 15.4. The van der Waals surface area contributed by atoms with E-state index < -0.39 is 0 Å². The molecule has 2 atom stereocenters. The highest BCUT2D eigenvalue weighted by molar-refractivity contribution is 5.76. The Morgan fingerprint density at radius 3 is 2.64 bits per heavy atom. The molecule has 22 heavy (non-hydrogen) atoms. The molecule has 1 aliphatic heterocycles. The van der Waals surface area contributed by atoms with Gasteiger partial charge in [-0.25, -0.2) is 0 Å². The number of rotatable bonds is 6. The molecule has 1 saturated heterocycles. The molecule has 3 rings (SSSR count). The van der Waals surface area contributed by atoms with Gasteiger partial charge in [-0.05, 0) is 24.3 Å². The Kier molecular flexibility index (Phi) is 5.11. The maximum absolute atomic E-state index is 11.9. The Labute approximate surface area is 132 Å². The summed E-state index contributed by atoms with van der Waals surface area (Å²) in [6.07, 6.45) is 4.28. The van der Waals surface area contributed by atoms with Crippen LogP contribution in [0, 0.1) is 5.92 Å². The monoisotopic (exact) mass is 302 g/mol. The van der Waals surface area contributed by atoms with Gasteiger partial charge in [-0.1, -0.05) is 36.8 Å². The second-order valence-corrected chi connectivity index (χ2v) is 6.68. The highest BCUT2D eigenvalue weighted by atomic mass is 16.3. The normalized spacial score (nSPS) is 25.9. The minimum absolute atomic E-state index is 0.0427. The number of nitrogens with one attached hydrogen (secondary N) is 1. The van der Waals surface area contributed by atoms with Crippen LogP contribution >= 0.6 is 0 Å². The SMILES string of the molecule is O=C(CCO)N[C@@H]1CN(CC2CCC2)C[C@H]1c1ccccc1. The molecule has 0 aromatic heterocycles. The molecule has 120 valence electrons. The van der Waals surface area contributed by atoms with E-state index in [-0.39, 0.29) is 25.0 Å². The second kappa shape index (κ2) is 7.25. The first kappa shape index (κ1) is 15.5. The number of hydrogen-bond donors (Lipinski definition) is 2. The van der Waals surface area contributed by atoms with E-state index in [2.05, 4.69) is 34.5 Å². The first-order chi connectivity index (χ1) is 10.8. The maximum Gasteiger partial charge on any atom is 0.222 e. The summed E-state index contributed by atoms with van der Waals surface area (Å²) in [6, 6.07) is 10.6. The maximum atomic E-state index is 11.9. The zero-order valence-corrected chi connectivity index (χ0v) is 13.1. The van der Waals surface area contributed by atoms with E-state index in [4.69, 9.17) is 5.11 Å². The molecule has 4 heteroatoms. The van der Waals surface area contributed by atoms with Crippen molar-refractivity contribution in [1.82, 2.24) is 10.2 Å². The lowest BCUT2D eigenvalue weighted by molar-refractivity contribution is -0.122. The molecule has 4 nitrogen and oxygen atoms in total. The number of hydrogen-bond acceptors (Lipinski definition) is 3. The number of amides is 1. The van der Waals surface area contributed by atoms with Crippen LogP contribution in [0.15, 0.2) is 30.3 Å². The lowest BCUT2D eigenvalue weighted by Crippen LogP contribution is -2.40. The van der Waals surface area contributed by atoms with Gasteiger partial charge in [0.2, 0.25) is 5.91 Å². The van der Waals surface area contributed by atoms with Crippen molar-refractivity contribution in [3.05, 3.63) is 35.9 Å². The molecule has 2 fully saturated rings. The van der Waals surface area contributed by atoms with E-state index in [0.29, 0.717) is 5.92 Å². The van der Waals surface area contributed by atoms with Crippen LogP contribution < -0.4 is 5.32 Å². The average Bonchev–Trinajstić information content (AvgIpc) is 2.87. The van der Waals surface area contributed by atoms with Crippen LogP contribution in [0.5, 0.6) is 0 Å². The minimum Gasteiger partial charge on any atom is -0.396 e. The first-order valence-electron chi connectivity index (χ1n) is 8.44. The van der Waals surface area contributed by atoms with Crippen molar-refractivity contribution in [2.75, 3.05) is 26.2 Å². The molecule has 0 spiro atoms. The average molecular weight is 302 g/mol. The topological polar surface area (TPSA) is 52.6 Å². The Balaban J connectivity index is 1.67. The predicted octanol–water partition coefficient (Wildman–Crippen LogP) is 1.75. The van der Waals surface area contributed by atoms with Gasteiger partial charge in [0, 0.05) is 38.0 Å². The molecule has 0 bridgehead atoms. The number of aliphatic hydroxyl groups excluding tert-OH is 1. The third-order valence-electron chi connectivity index (χ3n) is 5.05. The van der Waals surface area contributed by atoms with Gasteiger partial charge in [-0.2, -0.15) is 0 Å². The van der Waals surface area contributed by atoms with E-state index in [1.807, 2.05) is 6.07 Å². The molecule has 1 amide bonds. The summed E-state index contributed by atoms with van der Waals surface area (Å²) in [5.74, 6) is 1.16. The van der Waals surface area contributed by atoms with Gasteiger partial charge in [-0.3, -0.25) is 4.79 Å². The largest absolute Gasteiger partial charge is 0.396 e. The number of carbonyl (C=O) groups is 1. The van der Waals surface area contributed by atoms with E-state index >= 15 is 0 Å². The number of nitrogens with zero attached hydrogens (tertiary/aromatic N) is 1. The molecule has 1 heterocycles. The van der Waals surface area contributed by atoms with Crippen LogP contribution in [-0.2, 0) is 4.79 Å². The van der Waals surface area contributed by atoms with Gasteiger partial charge in [0.15, 0.2) is 0 Å². The van der Waals surface area contributed by atoms with Crippen molar-refractivity contribution in [2.24, 2.45) is 5.92 Å². The van der Waals surface area contributed by atoms with Crippen molar-refractivity contribution >= 4 is 5.91 Å². The number of carbonyl (C=O) groups excluding carboxylic acids is 1. The fourth-order valence-corrected chi connectivity index (χ4v) is 3.64. The second-order valence-electron chi connectivity index (χ2n) is 6.68. The minimum atomic E-state index is -0.0830. The van der Waals surface area contributed by atoms with Gasteiger partial charge in [0.25, 0.3) is 0 Å². The predicted molar refractivity (Wildman–Crippen MR) is 86.6 cm³/mol. The molecule has 1 aromatic rings. The van der Waals surface area contributed by atoms with E-state index in [9.17, 15) is 4.79 Å². The van der Waals surface area contributed by atoms with Crippen molar-refractivity contribution in [2.45, 2.75) is 37.6 Å². The molecule has 0 unspecified atom stereocenters. The fourth-order valence-electron chi connectivity index (χ4n) is 3.64. The fraction of sp³-hybridized carbons (Fsp3) is 0.611. The summed E-state index contributed by atoms with van der Waals surface area (Å²) in [4.78, 5) is 14.4. The lowest BCUT2D eigenvalue weighted by Gasteiger charge is -2.30. The summed E-state index contributed by atoms with van der Waals surface area (Å²) >= 11 is 0. The van der Waals surface area contributed by atoms with Crippen molar-refractivity contribution in [1.29, 1.82) is 0 Å². The Morgan fingerprint density at radius 2 is 2.00 bits per heavy atom. The Bertz CT molecular complexity index is 487. The van der Waals surface area contributed by atoms with Crippen molar-refractivity contribution < 1.29 is 9.90 Å². The first-order valence-corrected chi connectivity index (χ1v) is 8.44. The number of aliphatic hydroxyl groups is 1. The molecule has 2 N–H and O–H groups in total. The quantitative estimate of drug-likeness (QED) is 0.842. The Hall–Kier alpha value is -1.39. The Morgan fingerprint density at radius 1 is 1.23 bits per heavy atom. The number of benzene rings is 1. The van der Waals surface area contributed by atoms with Crippen LogP contribution in [0.3, 0.4) is 0 Å². The molecular formula is C18H26N2O2. The smallest absolute Gasteiger partial charge is 0.222 e. The number of likely N-dealkylation sites (tertiary alicyclic amines) is 1. The summed E-state index contributed by atoms with van der Waals surface area (Å²) in [5, 5.41) is 12.1. The van der Waals surface area contributed by atoms with Gasteiger partial charge in [0.1, 0.15) is 0 Å². The van der Waals surface area contributed by atoms with E-state index in [1.54, 1.807) is 0 Å². The van der Waals surface area contributed by atoms with Crippen molar-refractivity contribution in [3.63, 3.8) is 0 Å². The van der Waals surface area contributed by atoms with Gasteiger partial charge in [0.05, 0.1) is 6.61 Å². The van der Waals surface area contributed by atoms with Gasteiger partial charge < -0.3 is 15.3 Å². The highest BCUT2D eigenvalue weighted by Gasteiger charge is 2.36. The van der Waals surface area contributed by atoms with Crippen LogP contribution in [0.4, 0.5) is 0 Å². The third-order valence-corrected chi connectivity index (χ3v) is 5.05. The van der Waals surface area contributed by atoms with Crippen LogP contribution in [0.1, 0.15) is 37.2 Å². The van der Waals surface area contributed by atoms with Gasteiger partial charge in [-0.15, -0.1) is 0 Å². The van der Waals surface area contributed by atoms with Crippen LogP contribution in [0.2, 0.25) is 0 Å². The summed E-state index contributed by atoms with van der Waals surface area (Å²) in [7, 11) is 0. The van der Waals surface area contributed by atoms with Crippen LogP contribution in [0.25, 0.3) is 0 Å². The van der Waals surface area contributed by atoms with Gasteiger partial charge >= 0.3 is 0 Å². The molecule has 1 aliphatic carbocycles. The molecule has 2 aliphatic rings. The molecular weight excluding hydrogens is 276 g/mol. The molecule has 1 aromatic carbocycles. The molecule has 0 radical (unpaired) electrons. The molecule has 1 saturated carbocycles. The third kappa shape index (κ3) is 3.68. The zero-order valence-electron chi connectivity index (χ0n) is 13.1. The summed E-state index contributed by atoms with van der Waals surface area (Å²) < 4.78 is 0. The lowest BCUT2D eigenvalue weighted by atomic mass is 9.85. The summed E-state index contributed by atoms with van der Waals surface area (Å²) in [6.45, 7) is 3.02. The highest BCUT2D eigenvalue weighted by Crippen LogP contribution is 2.32. The summed E-state index contributed by atoms with van der Waals surface area (Å²) in [5.41, 5.74) is 1.30. The van der Waals surface area contributed by atoms with E-state index in [1.165, 1.54) is 24.8 Å². The van der Waals surface area contributed by atoms with E-state index in [0.717, 1.165) is 25.6 Å². The van der Waals surface area contributed by atoms with Crippen molar-refractivity contribution in [3.8, 4) is 0 Å². The van der Waals surface area contributed by atoms with Crippen LogP contribution in [-0.4, -0.2) is 48.2 Å².